The summed E-state index contributed by atoms with van der Waals surface area (Å²) in [6.07, 6.45) is 1.50. The van der Waals surface area contributed by atoms with Crippen molar-refractivity contribution in [3.8, 4) is 11.3 Å². The number of hydrogen-bond donors (Lipinski definition) is 1. The molecule has 0 amide bonds. The monoisotopic (exact) mass is 283 g/mol. The van der Waals surface area contributed by atoms with E-state index in [1.54, 1.807) is 0 Å². The summed E-state index contributed by atoms with van der Waals surface area (Å²) in [4.78, 5) is 15.4. The molecular formula is C13H11F2NO2S. The van der Waals surface area contributed by atoms with Gasteiger partial charge in [0.2, 0.25) is 0 Å². The molecule has 0 atom stereocenters. The Morgan fingerprint density at radius 2 is 2.11 bits per heavy atom. The smallest absolute Gasteiger partial charge is 0.348 e. The number of carboxylic acid groups (broad SMARTS) is 1. The molecule has 0 saturated heterocycles. The van der Waals surface area contributed by atoms with Crippen LogP contribution >= 0.6 is 11.3 Å². The lowest BCUT2D eigenvalue weighted by molar-refractivity contribution is 0.0702. The molecule has 0 aliphatic rings. The summed E-state index contributed by atoms with van der Waals surface area (Å²) in [5, 5.41) is 9.82. The number of rotatable bonds is 4. The summed E-state index contributed by atoms with van der Waals surface area (Å²) >= 11 is 1.07. The van der Waals surface area contributed by atoms with Gasteiger partial charge >= 0.3 is 5.97 Å². The van der Waals surface area contributed by atoms with Gasteiger partial charge in [0, 0.05) is 5.56 Å². The van der Waals surface area contributed by atoms with Crippen LogP contribution in [-0.4, -0.2) is 16.1 Å². The van der Waals surface area contributed by atoms with E-state index >= 15 is 0 Å². The van der Waals surface area contributed by atoms with E-state index in [2.05, 4.69) is 4.98 Å². The number of aromatic carboxylic acids is 1. The number of thiazole rings is 1. The number of hydrogen-bond acceptors (Lipinski definition) is 3. The Labute approximate surface area is 112 Å². The number of benzene rings is 1. The van der Waals surface area contributed by atoms with Crippen molar-refractivity contribution in [2.75, 3.05) is 0 Å². The van der Waals surface area contributed by atoms with Crippen LogP contribution in [0, 0.1) is 11.6 Å². The van der Waals surface area contributed by atoms with Crippen LogP contribution in [0.25, 0.3) is 11.3 Å². The van der Waals surface area contributed by atoms with Crippen LogP contribution in [0.3, 0.4) is 0 Å². The molecule has 0 aliphatic heterocycles. The first-order valence-electron chi connectivity index (χ1n) is 5.71. The highest BCUT2D eigenvalue weighted by Gasteiger charge is 2.19. The van der Waals surface area contributed by atoms with Crippen molar-refractivity contribution in [3.63, 3.8) is 0 Å². The molecule has 19 heavy (non-hydrogen) atoms. The van der Waals surface area contributed by atoms with Crippen molar-refractivity contribution in [1.82, 2.24) is 4.98 Å². The van der Waals surface area contributed by atoms with E-state index in [9.17, 15) is 13.6 Å². The zero-order valence-electron chi connectivity index (χ0n) is 10.1. The molecule has 0 saturated carbocycles. The highest BCUT2D eigenvalue weighted by atomic mass is 32.1. The van der Waals surface area contributed by atoms with Crippen molar-refractivity contribution in [2.45, 2.75) is 19.8 Å². The minimum absolute atomic E-state index is 0.0504. The van der Waals surface area contributed by atoms with Crippen molar-refractivity contribution in [2.24, 2.45) is 0 Å². The number of aromatic nitrogens is 1. The number of halogens is 2. The standard InChI is InChI=1S/C13H11F2NO2S/c1-2-3-10-16-11(12(19-10)13(17)18)7-4-5-8(14)9(15)6-7/h4-6H,2-3H2,1H3,(H,17,18). The largest absolute Gasteiger partial charge is 0.477 e. The summed E-state index contributed by atoms with van der Waals surface area (Å²) in [6.45, 7) is 1.96. The van der Waals surface area contributed by atoms with Crippen molar-refractivity contribution < 1.29 is 18.7 Å². The third kappa shape index (κ3) is 2.78. The first-order chi connectivity index (χ1) is 9.02. The van der Waals surface area contributed by atoms with Gasteiger partial charge < -0.3 is 5.11 Å². The lowest BCUT2D eigenvalue weighted by atomic mass is 10.1. The zero-order valence-corrected chi connectivity index (χ0v) is 10.9. The first-order valence-corrected chi connectivity index (χ1v) is 6.53. The Kier molecular flexibility index (Phi) is 3.90. The second-order valence-electron chi connectivity index (χ2n) is 3.97. The van der Waals surface area contributed by atoms with Crippen LogP contribution in [0.4, 0.5) is 8.78 Å². The number of aryl methyl sites for hydroxylation is 1. The molecule has 6 heteroatoms. The fraction of sp³-hybridized carbons (Fsp3) is 0.231. The minimum Gasteiger partial charge on any atom is -0.477 e. The maximum absolute atomic E-state index is 13.2. The average molecular weight is 283 g/mol. The predicted octanol–water partition coefficient (Wildman–Crippen LogP) is 3.74. The molecule has 0 radical (unpaired) electrons. The Morgan fingerprint density at radius 1 is 1.37 bits per heavy atom. The number of nitrogens with zero attached hydrogens (tertiary/aromatic N) is 1. The Balaban J connectivity index is 2.53. The molecule has 2 aromatic rings. The quantitative estimate of drug-likeness (QED) is 0.930. The summed E-state index contributed by atoms with van der Waals surface area (Å²) in [7, 11) is 0. The van der Waals surface area contributed by atoms with Crippen LogP contribution in [-0.2, 0) is 6.42 Å². The molecule has 0 fully saturated rings. The second kappa shape index (κ2) is 5.44. The average Bonchev–Trinajstić information content (AvgIpc) is 2.77. The van der Waals surface area contributed by atoms with Crippen LogP contribution < -0.4 is 0 Å². The van der Waals surface area contributed by atoms with Gasteiger partial charge in [0.25, 0.3) is 0 Å². The summed E-state index contributed by atoms with van der Waals surface area (Å²) in [5.41, 5.74) is 0.467. The molecule has 1 aromatic heterocycles. The van der Waals surface area contributed by atoms with E-state index in [0.717, 1.165) is 29.9 Å². The molecular weight excluding hydrogens is 272 g/mol. The fourth-order valence-corrected chi connectivity index (χ4v) is 2.70. The van der Waals surface area contributed by atoms with Crippen molar-refractivity contribution in [1.29, 1.82) is 0 Å². The molecule has 0 spiro atoms. The Bertz CT molecular complexity index is 625. The highest BCUT2D eigenvalue weighted by molar-refractivity contribution is 7.14. The molecule has 2 rings (SSSR count). The maximum atomic E-state index is 13.2. The van der Waals surface area contributed by atoms with E-state index in [4.69, 9.17) is 5.11 Å². The van der Waals surface area contributed by atoms with E-state index in [1.165, 1.54) is 6.07 Å². The van der Waals surface area contributed by atoms with Gasteiger partial charge in [-0.1, -0.05) is 6.92 Å². The third-order valence-corrected chi connectivity index (χ3v) is 3.63. The number of carbonyl (C=O) groups is 1. The van der Waals surface area contributed by atoms with Gasteiger partial charge in [-0.3, -0.25) is 0 Å². The van der Waals surface area contributed by atoms with Crippen LogP contribution in [0.1, 0.15) is 28.0 Å². The van der Waals surface area contributed by atoms with Gasteiger partial charge in [-0.25, -0.2) is 18.6 Å². The van der Waals surface area contributed by atoms with Gasteiger partial charge in [-0.15, -0.1) is 11.3 Å². The van der Waals surface area contributed by atoms with Gasteiger partial charge in [0.1, 0.15) is 4.88 Å². The van der Waals surface area contributed by atoms with Gasteiger partial charge in [0.15, 0.2) is 11.6 Å². The second-order valence-corrected chi connectivity index (χ2v) is 5.05. The topological polar surface area (TPSA) is 50.2 Å². The van der Waals surface area contributed by atoms with E-state index in [-0.39, 0.29) is 16.1 Å². The molecule has 0 aliphatic carbocycles. The molecule has 3 nitrogen and oxygen atoms in total. The van der Waals surface area contributed by atoms with Crippen LogP contribution in [0.2, 0.25) is 0 Å². The van der Waals surface area contributed by atoms with Crippen LogP contribution in [0.5, 0.6) is 0 Å². The van der Waals surface area contributed by atoms with E-state index in [1.807, 2.05) is 6.92 Å². The molecule has 0 bridgehead atoms. The predicted molar refractivity (Wildman–Crippen MR) is 68.4 cm³/mol. The number of carboxylic acids is 1. The van der Waals surface area contributed by atoms with E-state index < -0.39 is 17.6 Å². The van der Waals surface area contributed by atoms with Crippen molar-refractivity contribution >= 4 is 17.3 Å². The summed E-state index contributed by atoms with van der Waals surface area (Å²) < 4.78 is 26.1. The zero-order chi connectivity index (χ0) is 14.0. The van der Waals surface area contributed by atoms with Crippen LogP contribution in [0.15, 0.2) is 18.2 Å². The summed E-state index contributed by atoms with van der Waals surface area (Å²) in [6, 6.07) is 3.26. The molecule has 0 unspecified atom stereocenters. The highest BCUT2D eigenvalue weighted by Crippen LogP contribution is 2.29. The molecule has 1 N–H and O–H groups in total. The molecule has 100 valence electrons. The first kappa shape index (κ1) is 13.6. The lowest BCUT2D eigenvalue weighted by Gasteiger charge is -2.00. The minimum atomic E-state index is -1.11. The van der Waals surface area contributed by atoms with Crippen molar-refractivity contribution in [3.05, 3.63) is 39.7 Å². The maximum Gasteiger partial charge on any atom is 0.348 e. The molecule has 1 heterocycles. The van der Waals surface area contributed by atoms with E-state index in [0.29, 0.717) is 11.4 Å². The Hall–Kier alpha value is -1.82. The van der Waals surface area contributed by atoms with Gasteiger partial charge in [-0.05, 0) is 31.0 Å². The normalized spacial score (nSPS) is 10.7. The third-order valence-electron chi connectivity index (χ3n) is 2.52. The summed E-state index contributed by atoms with van der Waals surface area (Å²) in [5.74, 6) is -3.09. The Morgan fingerprint density at radius 3 is 2.68 bits per heavy atom. The lowest BCUT2D eigenvalue weighted by Crippen LogP contribution is -1.96. The fourth-order valence-electron chi connectivity index (χ4n) is 1.67. The SMILES string of the molecule is CCCc1nc(-c2ccc(F)c(F)c2)c(C(=O)O)s1. The van der Waals surface area contributed by atoms with Gasteiger partial charge in [0.05, 0.1) is 10.7 Å². The molecule has 1 aromatic carbocycles. The van der Waals surface area contributed by atoms with Gasteiger partial charge in [-0.2, -0.15) is 0 Å².